The molecule has 454 valence electrons. The van der Waals surface area contributed by atoms with Crippen LogP contribution >= 0.6 is 25.3 Å². The molecule has 2 aromatic rings. The molecule has 0 saturated carbocycles. The molecule has 2 heterocycles. The maximum absolute atomic E-state index is 14.5. The van der Waals surface area contributed by atoms with Gasteiger partial charge in [-0.2, -0.15) is 25.3 Å². The molecule has 1 aliphatic heterocycles. The van der Waals surface area contributed by atoms with Crippen molar-refractivity contribution in [2.75, 3.05) is 31.3 Å². The number of carbonyl (C=O) groups excluding carboxylic acids is 12. The second-order valence-corrected chi connectivity index (χ2v) is 20.5. The van der Waals surface area contributed by atoms with E-state index in [1.165, 1.54) is 18.7 Å². The zero-order valence-corrected chi connectivity index (χ0v) is 47.1. The molecule has 0 bridgehead atoms. The van der Waals surface area contributed by atoms with Gasteiger partial charge in [0.05, 0.1) is 38.2 Å². The van der Waals surface area contributed by atoms with E-state index in [1.807, 2.05) is 10.6 Å². The standard InChI is InChI=1S/C49H74N14O17S2/c1-21(2)12-30(57-47(77)38(23(4)66)62-45(75)33(19-81)60-39(69)22(3)50)48(78)63-11-7-10-35(63)46(76)56-27(13-24-16-53-26-9-6-5-8-25(24)26)40(70)58-31(17-64)43(73)55-28(14-36(51)67)41(71)54-29(15-37(52)68)42(72)59-32(18-65)44(74)61-34(20-82)49(79)80/h5-6,8-9,16,21-23,27-35,38,53,64-66,81-82H,7,10-15,17-20,50H2,1-4H3,(H2,51,67)(H2,52,68)(H,54,71)(H,55,73)(H,56,76)(H,57,77)(H,58,70)(H,59,72)(H,60,69)(H,61,74)(H,62,75)(H,79,80)/t22-,23+,27-,28-,29-,30-,31-,32-,33-,34-,35-,38-/m0/s1. The van der Waals surface area contributed by atoms with Crippen LogP contribution in [0.5, 0.6) is 0 Å². The predicted octanol–water partition coefficient (Wildman–Crippen LogP) is -7.48. The number of aliphatic hydroxyl groups is 3. The maximum atomic E-state index is 14.5. The van der Waals surface area contributed by atoms with Gasteiger partial charge in [-0.25, -0.2) is 4.79 Å². The molecular formula is C49H74N14O17S2. The van der Waals surface area contributed by atoms with E-state index in [1.54, 1.807) is 44.3 Å². The summed E-state index contributed by atoms with van der Waals surface area (Å²) in [6.07, 6.45) is -1.82. The van der Waals surface area contributed by atoms with Crippen molar-refractivity contribution >= 4 is 113 Å². The number of thiol groups is 2. The Hall–Kier alpha value is -7.59. The van der Waals surface area contributed by atoms with E-state index in [2.05, 4.69) is 67.5 Å². The fourth-order valence-electron chi connectivity index (χ4n) is 8.37. The number of H-pyrrole nitrogens is 1. The van der Waals surface area contributed by atoms with Gasteiger partial charge in [-0.05, 0) is 50.7 Å². The first-order valence-corrected chi connectivity index (χ1v) is 27.1. The number of aromatic amines is 1. The van der Waals surface area contributed by atoms with E-state index in [0.717, 1.165) is 0 Å². The maximum Gasteiger partial charge on any atom is 0.327 e. The molecule has 33 heteroatoms. The Bertz CT molecular complexity index is 2660. The van der Waals surface area contributed by atoms with E-state index >= 15 is 0 Å². The topological polar surface area (TPSA) is 508 Å². The number of aliphatic carboxylic acids is 1. The number of carboxylic acid groups (broad SMARTS) is 1. The van der Waals surface area contributed by atoms with E-state index in [9.17, 15) is 82.8 Å². The van der Waals surface area contributed by atoms with Gasteiger partial charge in [-0.3, -0.25) is 57.5 Å². The summed E-state index contributed by atoms with van der Waals surface area (Å²) in [6.45, 7) is 3.84. The lowest BCUT2D eigenvalue weighted by atomic mass is 10.0. The number of rotatable bonds is 33. The Labute approximate surface area is 481 Å². The Morgan fingerprint density at radius 2 is 1.09 bits per heavy atom. The lowest BCUT2D eigenvalue weighted by molar-refractivity contribution is -0.143. The number of fused-ring (bicyclic) bond motifs is 1. The van der Waals surface area contributed by atoms with Crippen LogP contribution in [0.25, 0.3) is 10.9 Å². The summed E-state index contributed by atoms with van der Waals surface area (Å²) < 4.78 is 0. The summed E-state index contributed by atoms with van der Waals surface area (Å²) in [7, 11) is 0. The van der Waals surface area contributed by atoms with Crippen molar-refractivity contribution in [2.24, 2.45) is 23.1 Å². The molecule has 1 aliphatic rings. The number of aromatic nitrogens is 1. The lowest BCUT2D eigenvalue weighted by Gasteiger charge is -2.32. The van der Waals surface area contributed by atoms with Crippen molar-refractivity contribution in [2.45, 2.75) is 139 Å². The highest BCUT2D eigenvalue weighted by molar-refractivity contribution is 7.80. The Balaban J connectivity index is 1.90. The minimum absolute atomic E-state index is 0.00688. The van der Waals surface area contributed by atoms with Crippen LogP contribution in [0.1, 0.15) is 65.4 Å². The van der Waals surface area contributed by atoms with Crippen LogP contribution < -0.4 is 65.1 Å². The number of aliphatic hydroxyl groups excluding tert-OH is 3. The lowest BCUT2D eigenvalue weighted by Crippen LogP contribution is -2.62. The third-order valence-corrected chi connectivity index (χ3v) is 13.4. The van der Waals surface area contributed by atoms with Gasteiger partial charge in [0.1, 0.15) is 60.4 Å². The number of benzene rings is 1. The zero-order chi connectivity index (χ0) is 61.7. The van der Waals surface area contributed by atoms with Crippen LogP contribution in [0.15, 0.2) is 30.5 Å². The third kappa shape index (κ3) is 20.4. The van der Waals surface area contributed by atoms with E-state index < -0.39 is 181 Å². The SMILES string of the molecule is CC(C)C[C@H](NC(=O)[C@@H](NC(=O)[C@H](CS)NC(=O)[C@H](C)N)[C@@H](C)O)C(=O)N1CCC[C@H]1C(=O)N[C@@H](Cc1c[nH]c2ccccc12)C(=O)N[C@@H](CO)C(=O)N[C@@H](CC(N)=O)C(=O)N[C@@H](CC(N)=O)C(=O)N[C@@H](CO)C(=O)N[C@@H](CS)C(=O)O. The van der Waals surface area contributed by atoms with Crippen molar-refractivity contribution in [1.29, 1.82) is 0 Å². The molecule has 0 aliphatic carbocycles. The number of nitrogens with zero attached hydrogens (tertiary/aromatic N) is 1. The highest BCUT2D eigenvalue weighted by atomic mass is 32.1. The molecule has 82 heavy (non-hydrogen) atoms. The molecule has 1 aromatic heterocycles. The minimum atomic E-state index is -2.00. The summed E-state index contributed by atoms with van der Waals surface area (Å²) in [5, 5.41) is 61.4. The summed E-state index contributed by atoms with van der Waals surface area (Å²) >= 11 is 7.92. The predicted molar refractivity (Wildman–Crippen MR) is 296 cm³/mol. The van der Waals surface area contributed by atoms with Gasteiger partial charge < -0.3 is 95.4 Å². The van der Waals surface area contributed by atoms with Crippen LogP contribution in [0, 0.1) is 5.92 Å². The Morgan fingerprint density at radius 1 is 0.622 bits per heavy atom. The Kier molecular flexibility index (Phi) is 27.4. The van der Waals surface area contributed by atoms with Crippen molar-refractivity contribution in [3.8, 4) is 0 Å². The quantitative estimate of drug-likeness (QED) is 0.0295. The molecule has 0 unspecified atom stereocenters. The van der Waals surface area contributed by atoms with Gasteiger partial charge in [0.2, 0.25) is 70.9 Å². The third-order valence-electron chi connectivity index (χ3n) is 12.7. The number of hydrogen-bond acceptors (Lipinski definition) is 19. The summed E-state index contributed by atoms with van der Waals surface area (Å²) in [5.41, 5.74) is 17.4. The molecule has 3 rings (SSSR count). The zero-order valence-electron chi connectivity index (χ0n) is 45.3. The van der Waals surface area contributed by atoms with Gasteiger partial charge in [0, 0.05) is 41.6 Å². The van der Waals surface area contributed by atoms with Crippen LogP contribution in [0.2, 0.25) is 0 Å². The fourth-order valence-corrected chi connectivity index (χ4v) is 8.87. The molecule has 20 N–H and O–H groups in total. The highest BCUT2D eigenvalue weighted by Crippen LogP contribution is 2.23. The summed E-state index contributed by atoms with van der Waals surface area (Å²) in [4.78, 5) is 176. The fraction of sp³-hybridized carbons (Fsp3) is 0.571. The van der Waals surface area contributed by atoms with Gasteiger partial charge in [-0.15, -0.1) is 0 Å². The number of carbonyl (C=O) groups is 13. The molecule has 1 fully saturated rings. The number of carboxylic acids is 1. The number of nitrogens with one attached hydrogen (secondary N) is 10. The number of likely N-dealkylation sites (tertiary alicyclic amines) is 1. The molecule has 12 amide bonds. The smallest absolute Gasteiger partial charge is 0.327 e. The van der Waals surface area contributed by atoms with Crippen molar-refractivity contribution in [3.63, 3.8) is 0 Å². The normalized spacial score (nSPS) is 17.1. The molecule has 12 atom stereocenters. The monoisotopic (exact) mass is 1190 g/mol. The van der Waals surface area contributed by atoms with Gasteiger partial charge >= 0.3 is 5.97 Å². The second-order valence-electron chi connectivity index (χ2n) is 19.8. The first-order valence-electron chi connectivity index (χ1n) is 25.8. The summed E-state index contributed by atoms with van der Waals surface area (Å²) in [6, 6.07) is -10.5. The molecular weight excluding hydrogens is 1120 g/mol. The van der Waals surface area contributed by atoms with Crippen molar-refractivity contribution in [1.82, 2.24) is 57.7 Å². The molecule has 31 nitrogen and oxygen atoms in total. The molecule has 0 radical (unpaired) electrons. The number of primary amides is 2. The number of para-hydroxylation sites is 1. The van der Waals surface area contributed by atoms with Gasteiger partial charge in [-0.1, -0.05) is 32.0 Å². The van der Waals surface area contributed by atoms with E-state index in [0.29, 0.717) is 16.5 Å². The van der Waals surface area contributed by atoms with Crippen LogP contribution in [-0.2, 0) is 68.7 Å². The van der Waals surface area contributed by atoms with Gasteiger partial charge in [0.15, 0.2) is 0 Å². The highest BCUT2D eigenvalue weighted by Gasteiger charge is 2.41. The van der Waals surface area contributed by atoms with E-state index in [4.69, 9.17) is 17.2 Å². The summed E-state index contributed by atoms with van der Waals surface area (Å²) in [5.74, 6) is -15.2. The average molecular weight is 1200 g/mol. The van der Waals surface area contributed by atoms with Crippen LogP contribution in [0.4, 0.5) is 0 Å². The first kappa shape index (κ1) is 68.7. The Morgan fingerprint density at radius 3 is 1.56 bits per heavy atom. The second kappa shape index (κ2) is 32.8. The number of nitrogens with two attached hydrogens (primary N) is 3. The molecule has 0 spiro atoms. The van der Waals surface area contributed by atoms with E-state index in [-0.39, 0.29) is 43.9 Å². The number of hydrogen-bond donors (Lipinski definition) is 19. The van der Waals surface area contributed by atoms with Crippen molar-refractivity contribution in [3.05, 3.63) is 36.0 Å². The molecule has 1 saturated heterocycles. The van der Waals surface area contributed by atoms with Crippen LogP contribution in [-0.4, -0.2) is 211 Å². The first-order chi connectivity index (χ1) is 38.6. The number of amides is 12. The van der Waals surface area contributed by atoms with Gasteiger partial charge in [0.25, 0.3) is 0 Å². The van der Waals surface area contributed by atoms with Crippen molar-refractivity contribution < 1.29 is 82.8 Å². The molecule has 1 aromatic carbocycles. The van der Waals surface area contributed by atoms with Crippen LogP contribution in [0.3, 0.4) is 0 Å². The largest absolute Gasteiger partial charge is 0.480 e. The average Bonchev–Trinajstić information content (AvgIpc) is 4.13. The minimum Gasteiger partial charge on any atom is -0.480 e.